The number of hydrogen-bond donors (Lipinski definition) is 0. The second-order valence-corrected chi connectivity index (χ2v) is 8.25. The van der Waals surface area contributed by atoms with Crippen LogP contribution in [-0.4, -0.2) is 20.4 Å². The maximum atomic E-state index is 5.84. The maximum Gasteiger partial charge on any atom is 0.277 e. The lowest BCUT2D eigenvalue weighted by molar-refractivity contribution is 0.454. The molecule has 2 bridgehead atoms. The van der Waals surface area contributed by atoms with Crippen molar-refractivity contribution in [2.24, 2.45) is 11.8 Å². The molecule has 0 radical (unpaired) electrons. The first-order valence-electron chi connectivity index (χ1n) is 7.13. The maximum absolute atomic E-state index is 5.84. The molecular formula is C14H17N3OS2. The molecule has 4 rings (SSSR count). The average molecular weight is 307 g/mol. The van der Waals surface area contributed by atoms with Crippen molar-refractivity contribution in [1.82, 2.24) is 15.2 Å². The summed E-state index contributed by atoms with van der Waals surface area (Å²) in [6.07, 6.45) is 5.55. The van der Waals surface area contributed by atoms with Gasteiger partial charge in [0.1, 0.15) is 4.88 Å². The van der Waals surface area contributed by atoms with E-state index in [1.54, 1.807) is 23.1 Å². The number of thioether (sulfide) groups is 1. The molecule has 106 valence electrons. The Hall–Kier alpha value is -0.880. The van der Waals surface area contributed by atoms with E-state index in [1.165, 1.54) is 25.7 Å². The average Bonchev–Trinajstić information content (AvgIpc) is 3.14. The van der Waals surface area contributed by atoms with Crippen LogP contribution in [0, 0.1) is 25.7 Å². The third-order valence-corrected chi connectivity index (χ3v) is 6.74. The van der Waals surface area contributed by atoms with E-state index in [2.05, 4.69) is 15.2 Å². The predicted molar refractivity (Wildman–Crippen MR) is 80.0 cm³/mol. The molecule has 4 nitrogen and oxygen atoms in total. The van der Waals surface area contributed by atoms with Crippen LogP contribution in [0.15, 0.2) is 9.64 Å². The van der Waals surface area contributed by atoms with Crippen LogP contribution >= 0.6 is 23.1 Å². The highest BCUT2D eigenvalue weighted by atomic mass is 32.2. The standard InChI is InChI=1S/C14H17N3OS2/c1-7-12(19-8(2)15-7)13-16-17-14(18-13)20-11-6-9-3-4-10(11)5-9/h9-11H,3-6H2,1-2H3/t9-,10-,11+/m0/s1. The number of fused-ring (bicyclic) bond motifs is 2. The molecule has 2 aliphatic carbocycles. The number of thiazole rings is 1. The van der Waals surface area contributed by atoms with Gasteiger partial charge in [0.2, 0.25) is 0 Å². The normalized spacial score (nSPS) is 28.4. The van der Waals surface area contributed by atoms with Gasteiger partial charge in [0.15, 0.2) is 0 Å². The minimum Gasteiger partial charge on any atom is -0.410 e. The summed E-state index contributed by atoms with van der Waals surface area (Å²) in [7, 11) is 0. The topological polar surface area (TPSA) is 51.8 Å². The van der Waals surface area contributed by atoms with Crippen molar-refractivity contribution >= 4 is 23.1 Å². The van der Waals surface area contributed by atoms with E-state index in [0.29, 0.717) is 11.1 Å². The Labute approximate surface area is 126 Å². The molecule has 2 heterocycles. The highest BCUT2D eigenvalue weighted by Crippen LogP contribution is 2.51. The van der Waals surface area contributed by atoms with E-state index in [9.17, 15) is 0 Å². The molecule has 0 unspecified atom stereocenters. The molecule has 0 N–H and O–H groups in total. The van der Waals surface area contributed by atoms with E-state index in [0.717, 1.165) is 32.6 Å². The van der Waals surface area contributed by atoms with Crippen molar-refractivity contribution in [2.45, 2.75) is 50.0 Å². The molecule has 3 atom stereocenters. The molecule has 20 heavy (non-hydrogen) atoms. The second kappa shape index (κ2) is 4.84. The van der Waals surface area contributed by atoms with E-state index < -0.39 is 0 Å². The molecule has 0 aliphatic heterocycles. The third kappa shape index (κ3) is 2.19. The largest absolute Gasteiger partial charge is 0.410 e. The van der Waals surface area contributed by atoms with Crippen molar-refractivity contribution < 1.29 is 4.42 Å². The van der Waals surface area contributed by atoms with Crippen LogP contribution in [0.4, 0.5) is 0 Å². The first-order valence-corrected chi connectivity index (χ1v) is 8.83. The number of rotatable bonds is 3. The molecule has 2 aromatic rings. The van der Waals surface area contributed by atoms with Crippen molar-refractivity contribution in [1.29, 1.82) is 0 Å². The fourth-order valence-corrected chi connectivity index (χ4v) is 5.66. The summed E-state index contributed by atoms with van der Waals surface area (Å²) in [5.41, 5.74) is 0.979. The lowest BCUT2D eigenvalue weighted by atomic mass is 10.0. The minimum atomic E-state index is 0.624. The second-order valence-electron chi connectivity index (χ2n) is 5.85. The van der Waals surface area contributed by atoms with Crippen molar-refractivity contribution in [3.05, 3.63) is 10.7 Å². The van der Waals surface area contributed by atoms with Gasteiger partial charge < -0.3 is 4.42 Å². The Balaban J connectivity index is 1.52. The summed E-state index contributed by atoms with van der Waals surface area (Å²) in [5, 5.41) is 10.9. The van der Waals surface area contributed by atoms with Crippen LogP contribution in [0.1, 0.15) is 36.4 Å². The summed E-state index contributed by atoms with van der Waals surface area (Å²) < 4.78 is 5.84. The SMILES string of the molecule is Cc1nc(C)c(-c2nnc(S[C@@H]3C[C@H]4CC[C@H]3C4)o2)s1. The summed E-state index contributed by atoms with van der Waals surface area (Å²) in [4.78, 5) is 5.42. The highest BCUT2D eigenvalue weighted by Gasteiger charge is 2.40. The molecule has 2 aromatic heterocycles. The van der Waals surface area contributed by atoms with Gasteiger partial charge in [-0.3, -0.25) is 0 Å². The van der Waals surface area contributed by atoms with Crippen LogP contribution in [0.25, 0.3) is 10.8 Å². The molecule has 0 aromatic carbocycles. The summed E-state index contributed by atoms with van der Waals surface area (Å²) in [6, 6.07) is 0. The van der Waals surface area contributed by atoms with Crippen LogP contribution < -0.4 is 0 Å². The highest BCUT2D eigenvalue weighted by molar-refractivity contribution is 7.99. The van der Waals surface area contributed by atoms with Gasteiger partial charge in [0, 0.05) is 5.25 Å². The Morgan fingerprint density at radius 2 is 2.10 bits per heavy atom. The van der Waals surface area contributed by atoms with Gasteiger partial charge in [-0.15, -0.1) is 21.5 Å². The summed E-state index contributed by atoms with van der Waals surface area (Å²) >= 11 is 3.41. The van der Waals surface area contributed by atoms with Gasteiger partial charge in [-0.05, 0) is 44.9 Å². The summed E-state index contributed by atoms with van der Waals surface area (Å²) in [6.45, 7) is 3.99. The number of hydrogen-bond acceptors (Lipinski definition) is 6. The molecule has 2 saturated carbocycles. The van der Waals surface area contributed by atoms with Crippen LogP contribution in [0.3, 0.4) is 0 Å². The molecular weight excluding hydrogens is 290 g/mol. The minimum absolute atomic E-state index is 0.624. The lowest BCUT2D eigenvalue weighted by Gasteiger charge is -2.18. The van der Waals surface area contributed by atoms with Gasteiger partial charge in [0.25, 0.3) is 11.1 Å². The molecule has 0 spiro atoms. The third-order valence-electron chi connectivity index (χ3n) is 4.43. The van der Waals surface area contributed by atoms with Gasteiger partial charge >= 0.3 is 0 Å². The summed E-state index contributed by atoms with van der Waals surface area (Å²) in [5.74, 6) is 2.44. The lowest BCUT2D eigenvalue weighted by Crippen LogP contribution is -2.12. The Morgan fingerprint density at radius 3 is 2.75 bits per heavy atom. The molecule has 2 fully saturated rings. The van der Waals surface area contributed by atoms with Gasteiger partial charge in [-0.1, -0.05) is 18.2 Å². The Bertz CT molecular complexity index is 636. The first kappa shape index (κ1) is 12.8. The Morgan fingerprint density at radius 1 is 1.20 bits per heavy atom. The van der Waals surface area contributed by atoms with E-state index in [-0.39, 0.29) is 0 Å². The zero-order valence-electron chi connectivity index (χ0n) is 11.6. The zero-order valence-corrected chi connectivity index (χ0v) is 13.3. The predicted octanol–water partition coefficient (Wildman–Crippen LogP) is 4.09. The fourth-order valence-electron chi connectivity index (χ4n) is 3.54. The van der Waals surface area contributed by atoms with Crippen LogP contribution in [0.2, 0.25) is 0 Å². The van der Waals surface area contributed by atoms with E-state index >= 15 is 0 Å². The first-order chi connectivity index (χ1) is 9.69. The monoisotopic (exact) mass is 307 g/mol. The van der Waals surface area contributed by atoms with Crippen molar-refractivity contribution in [2.75, 3.05) is 0 Å². The van der Waals surface area contributed by atoms with Gasteiger partial charge in [-0.2, -0.15) is 0 Å². The number of nitrogens with zero attached hydrogens (tertiary/aromatic N) is 3. The van der Waals surface area contributed by atoms with Crippen LogP contribution in [0.5, 0.6) is 0 Å². The Kier molecular flexibility index (Phi) is 3.11. The van der Waals surface area contributed by atoms with E-state index in [4.69, 9.17) is 4.42 Å². The van der Waals surface area contributed by atoms with E-state index in [1.807, 2.05) is 13.8 Å². The fraction of sp³-hybridized carbons (Fsp3) is 0.643. The zero-order chi connectivity index (χ0) is 13.7. The van der Waals surface area contributed by atoms with Gasteiger partial charge in [-0.25, -0.2) is 4.98 Å². The van der Waals surface area contributed by atoms with Crippen molar-refractivity contribution in [3.63, 3.8) is 0 Å². The number of aryl methyl sites for hydroxylation is 2. The van der Waals surface area contributed by atoms with Crippen LogP contribution in [-0.2, 0) is 0 Å². The molecule has 0 saturated heterocycles. The molecule has 2 aliphatic rings. The molecule has 0 amide bonds. The smallest absolute Gasteiger partial charge is 0.277 e. The van der Waals surface area contributed by atoms with Gasteiger partial charge in [0.05, 0.1) is 10.7 Å². The number of aromatic nitrogens is 3. The quantitative estimate of drug-likeness (QED) is 0.855. The molecule has 6 heteroatoms. The van der Waals surface area contributed by atoms with Crippen molar-refractivity contribution in [3.8, 4) is 10.8 Å².